The van der Waals surface area contributed by atoms with E-state index in [-0.39, 0.29) is 0 Å². The highest BCUT2D eigenvalue weighted by Gasteiger charge is 2.29. The Kier molecular flexibility index (Phi) is 7.39. The summed E-state index contributed by atoms with van der Waals surface area (Å²) in [6.07, 6.45) is 6.66. The molecule has 0 heterocycles. The highest BCUT2D eigenvalue weighted by molar-refractivity contribution is 5.74. The molecule has 0 unspecified atom stereocenters. The summed E-state index contributed by atoms with van der Waals surface area (Å²) in [5.74, 6) is -1.09. The molecule has 3 N–H and O–H groups in total. The predicted molar refractivity (Wildman–Crippen MR) is 71.1 cm³/mol. The minimum absolute atomic E-state index is 0.530. The minimum atomic E-state index is -1.09. The van der Waals surface area contributed by atoms with Crippen LogP contribution in [0.1, 0.15) is 52.9 Å². The first-order valence-corrected chi connectivity index (χ1v) is 6.31. The number of carboxylic acids is 1. The fourth-order valence-corrected chi connectivity index (χ4v) is 1.78. The number of carbonyl (C=O) groups is 1. The molecule has 0 spiro atoms. The third-order valence-corrected chi connectivity index (χ3v) is 2.87. The van der Waals surface area contributed by atoms with E-state index < -0.39 is 17.4 Å². The van der Waals surface area contributed by atoms with Gasteiger partial charge in [-0.3, -0.25) is 4.79 Å². The van der Waals surface area contributed by atoms with Crippen LogP contribution in [0.4, 0.5) is 0 Å². The number of nitrogens with zero attached hydrogens (tertiary/aromatic N) is 3. The Morgan fingerprint density at radius 2 is 1.89 bits per heavy atom. The quantitative estimate of drug-likeness (QED) is 0.449. The molecule has 6 nitrogen and oxygen atoms in total. The van der Waals surface area contributed by atoms with Crippen molar-refractivity contribution in [3.05, 3.63) is 10.4 Å². The van der Waals surface area contributed by atoms with E-state index in [2.05, 4.69) is 10.0 Å². The van der Waals surface area contributed by atoms with E-state index in [0.29, 0.717) is 6.04 Å². The molecule has 1 rings (SSSR count). The Bertz CT molecular complexity index is 298. The van der Waals surface area contributed by atoms with E-state index in [1.54, 1.807) is 20.8 Å². The largest absolute Gasteiger partial charge is 0.481 e. The second-order valence-corrected chi connectivity index (χ2v) is 5.71. The Balaban J connectivity index is 0.000000351. The van der Waals surface area contributed by atoms with Gasteiger partial charge in [-0.2, -0.15) is 0 Å². The Morgan fingerprint density at radius 3 is 2.06 bits per heavy atom. The van der Waals surface area contributed by atoms with Gasteiger partial charge in [0.2, 0.25) is 0 Å². The average Bonchev–Trinajstić information content (AvgIpc) is 2.25. The summed E-state index contributed by atoms with van der Waals surface area (Å²) in [7, 11) is 0. The lowest BCUT2D eigenvalue weighted by Crippen LogP contribution is -2.31. The summed E-state index contributed by atoms with van der Waals surface area (Å²) in [6, 6.07) is -0.457. The minimum Gasteiger partial charge on any atom is -0.481 e. The number of rotatable bonds is 2. The molecule has 0 aliphatic heterocycles. The van der Waals surface area contributed by atoms with Gasteiger partial charge in [0, 0.05) is 11.0 Å². The van der Waals surface area contributed by atoms with Gasteiger partial charge < -0.3 is 10.8 Å². The van der Waals surface area contributed by atoms with Gasteiger partial charge in [0.05, 0.1) is 0 Å². The van der Waals surface area contributed by atoms with Crippen molar-refractivity contribution in [2.24, 2.45) is 16.3 Å². The molecule has 1 atom stereocenters. The van der Waals surface area contributed by atoms with Gasteiger partial charge >= 0.3 is 5.97 Å². The van der Waals surface area contributed by atoms with Crippen LogP contribution in [-0.2, 0) is 4.79 Å². The zero-order chi connectivity index (χ0) is 14.2. The van der Waals surface area contributed by atoms with Gasteiger partial charge in [-0.25, -0.2) is 0 Å². The Labute approximate surface area is 108 Å². The summed E-state index contributed by atoms with van der Waals surface area (Å²) in [5, 5.41) is 11.8. The monoisotopic (exact) mass is 256 g/mol. The lowest BCUT2D eigenvalue weighted by Gasteiger charge is -2.22. The Hall–Kier alpha value is -1.26. The van der Waals surface area contributed by atoms with E-state index in [1.807, 2.05) is 0 Å². The van der Waals surface area contributed by atoms with Crippen LogP contribution in [0.3, 0.4) is 0 Å². The second kappa shape index (κ2) is 7.95. The fraction of sp³-hybridized carbons (Fsp3) is 0.917. The van der Waals surface area contributed by atoms with Crippen LogP contribution in [0.25, 0.3) is 10.4 Å². The molecule has 0 aromatic carbocycles. The van der Waals surface area contributed by atoms with E-state index in [9.17, 15) is 4.79 Å². The fourth-order valence-electron chi connectivity index (χ4n) is 1.78. The van der Waals surface area contributed by atoms with E-state index in [1.165, 1.54) is 32.1 Å². The lowest BCUT2D eigenvalue weighted by molar-refractivity contribution is -0.140. The van der Waals surface area contributed by atoms with Gasteiger partial charge in [-0.05, 0) is 23.8 Å². The standard InChI is InChI=1S/C6H11N3O2.C6H13N/c1-6(2,3)4(5(10)11)8-9-7;7-6-4-2-1-3-5-6/h4H,1-3H3,(H,10,11);6H,1-5,7H2/t4-;/m0./s1. The molecular weight excluding hydrogens is 232 g/mol. The number of nitrogens with two attached hydrogens (primary N) is 1. The van der Waals surface area contributed by atoms with Crippen molar-refractivity contribution in [3.8, 4) is 0 Å². The van der Waals surface area contributed by atoms with Crippen LogP contribution in [0.15, 0.2) is 5.11 Å². The molecule has 0 radical (unpaired) electrons. The molecule has 18 heavy (non-hydrogen) atoms. The summed E-state index contributed by atoms with van der Waals surface area (Å²) in [4.78, 5) is 12.9. The summed E-state index contributed by atoms with van der Waals surface area (Å²) >= 11 is 0. The van der Waals surface area contributed by atoms with Crippen molar-refractivity contribution in [1.29, 1.82) is 0 Å². The van der Waals surface area contributed by atoms with Crippen LogP contribution in [0.2, 0.25) is 0 Å². The molecule has 0 amide bonds. The maximum Gasteiger partial charge on any atom is 0.312 e. The van der Waals surface area contributed by atoms with Gasteiger partial charge in [0.25, 0.3) is 0 Å². The van der Waals surface area contributed by atoms with Crippen LogP contribution in [-0.4, -0.2) is 23.2 Å². The molecule has 1 aliphatic carbocycles. The van der Waals surface area contributed by atoms with Crippen LogP contribution in [0, 0.1) is 5.41 Å². The van der Waals surface area contributed by atoms with E-state index in [0.717, 1.165) is 0 Å². The summed E-state index contributed by atoms with van der Waals surface area (Å²) < 4.78 is 0. The summed E-state index contributed by atoms with van der Waals surface area (Å²) in [6.45, 7) is 5.13. The zero-order valence-corrected chi connectivity index (χ0v) is 11.5. The molecule has 1 saturated carbocycles. The van der Waals surface area contributed by atoms with Crippen molar-refractivity contribution in [1.82, 2.24) is 0 Å². The van der Waals surface area contributed by atoms with Crippen LogP contribution in [0.5, 0.6) is 0 Å². The van der Waals surface area contributed by atoms with Crippen molar-refractivity contribution in [3.63, 3.8) is 0 Å². The first-order valence-electron chi connectivity index (χ1n) is 6.31. The van der Waals surface area contributed by atoms with E-state index >= 15 is 0 Å². The van der Waals surface area contributed by atoms with Crippen molar-refractivity contribution in [2.45, 2.75) is 65.0 Å². The third-order valence-electron chi connectivity index (χ3n) is 2.87. The molecule has 104 valence electrons. The summed E-state index contributed by atoms with van der Waals surface area (Å²) in [5.41, 5.74) is 13.1. The number of hydrogen-bond acceptors (Lipinski definition) is 3. The first-order chi connectivity index (χ1) is 8.29. The Morgan fingerprint density at radius 1 is 1.39 bits per heavy atom. The maximum atomic E-state index is 10.5. The zero-order valence-electron chi connectivity index (χ0n) is 11.5. The van der Waals surface area contributed by atoms with Gasteiger partial charge in [-0.15, -0.1) is 0 Å². The molecule has 6 heteroatoms. The molecule has 0 bridgehead atoms. The number of carboxylic acid groups (broad SMARTS) is 1. The SMILES string of the molecule is CC(C)(C)[C@@H](N=[N+]=[N-])C(=O)O.NC1CCCCC1. The van der Waals surface area contributed by atoms with Crippen LogP contribution < -0.4 is 5.73 Å². The number of azide groups is 1. The molecule has 0 aromatic rings. The van der Waals surface area contributed by atoms with Crippen molar-refractivity contribution >= 4 is 5.97 Å². The van der Waals surface area contributed by atoms with Crippen molar-refractivity contribution in [2.75, 3.05) is 0 Å². The van der Waals surface area contributed by atoms with E-state index in [4.69, 9.17) is 16.4 Å². The molecule has 1 fully saturated rings. The number of hydrogen-bond donors (Lipinski definition) is 2. The van der Waals surface area contributed by atoms with Crippen molar-refractivity contribution < 1.29 is 9.90 Å². The molecule has 0 saturated heterocycles. The topological polar surface area (TPSA) is 112 Å². The molecular formula is C12H24N4O2. The predicted octanol–water partition coefficient (Wildman–Crippen LogP) is 3.07. The third kappa shape index (κ3) is 7.14. The van der Waals surface area contributed by atoms with Gasteiger partial charge in [-0.1, -0.05) is 45.1 Å². The first kappa shape index (κ1) is 16.7. The molecule has 1 aliphatic rings. The average molecular weight is 256 g/mol. The number of aliphatic carboxylic acids is 1. The highest BCUT2D eigenvalue weighted by Crippen LogP contribution is 2.22. The van der Waals surface area contributed by atoms with Gasteiger partial charge in [0.1, 0.15) is 6.04 Å². The normalized spacial score (nSPS) is 18.0. The smallest absolute Gasteiger partial charge is 0.312 e. The lowest BCUT2D eigenvalue weighted by atomic mass is 9.87. The molecule has 0 aromatic heterocycles. The maximum absolute atomic E-state index is 10.5. The highest BCUT2D eigenvalue weighted by atomic mass is 16.4. The van der Waals surface area contributed by atoms with Gasteiger partial charge in [0.15, 0.2) is 0 Å². The second-order valence-electron chi connectivity index (χ2n) is 5.71. The van der Waals surface area contributed by atoms with Crippen LogP contribution >= 0.6 is 0 Å².